The van der Waals surface area contributed by atoms with Gasteiger partial charge < -0.3 is 10.2 Å². The maximum atomic E-state index is 13.8. The van der Waals surface area contributed by atoms with Crippen molar-refractivity contribution in [1.82, 2.24) is 5.32 Å². The number of piperazine rings is 1. The number of hydrogen-bond acceptors (Lipinski definition) is 2. The topological polar surface area (TPSA) is 15.3 Å². The molecule has 17 heavy (non-hydrogen) atoms. The van der Waals surface area contributed by atoms with Crippen molar-refractivity contribution in [2.75, 3.05) is 18.0 Å². The Bertz CT molecular complexity index is 422. The van der Waals surface area contributed by atoms with Gasteiger partial charge in [0.1, 0.15) is 11.6 Å². The Kier molecular flexibility index (Phi) is 2.74. The predicted molar refractivity (Wildman–Crippen MR) is 63.1 cm³/mol. The summed E-state index contributed by atoms with van der Waals surface area (Å²) in [5.74, 6) is -0.957. The van der Waals surface area contributed by atoms with Crippen LogP contribution < -0.4 is 10.2 Å². The number of hydrogen-bond donors (Lipinski definition) is 1. The minimum Gasteiger partial charge on any atom is -0.363 e. The van der Waals surface area contributed by atoms with Crippen LogP contribution in [0.3, 0.4) is 0 Å². The van der Waals surface area contributed by atoms with Crippen molar-refractivity contribution in [2.24, 2.45) is 0 Å². The first-order valence-corrected chi connectivity index (χ1v) is 6.21. The highest BCUT2D eigenvalue weighted by molar-refractivity contribution is 5.50. The standard InChI is InChI=1S/C13H16F2N2/c14-9-4-5-12(10(15)8-9)17-7-6-16-11-2-1-3-13(11)17/h4-5,8,11,13,16H,1-3,6-7H2/t11-,13+/m0/s1. The van der Waals surface area contributed by atoms with Gasteiger partial charge in [0.15, 0.2) is 0 Å². The number of halogens is 2. The van der Waals surface area contributed by atoms with Gasteiger partial charge in [0.05, 0.1) is 5.69 Å². The van der Waals surface area contributed by atoms with Crippen LogP contribution in [-0.4, -0.2) is 25.2 Å². The van der Waals surface area contributed by atoms with Crippen LogP contribution in [0.15, 0.2) is 18.2 Å². The third kappa shape index (κ3) is 1.90. The van der Waals surface area contributed by atoms with Crippen molar-refractivity contribution in [3.63, 3.8) is 0 Å². The van der Waals surface area contributed by atoms with Gasteiger partial charge in [-0.15, -0.1) is 0 Å². The summed E-state index contributed by atoms with van der Waals surface area (Å²) in [6, 6.07) is 4.70. The largest absolute Gasteiger partial charge is 0.363 e. The molecule has 0 radical (unpaired) electrons. The second-order valence-corrected chi connectivity index (χ2v) is 4.85. The van der Waals surface area contributed by atoms with Gasteiger partial charge in [-0.3, -0.25) is 0 Å². The Morgan fingerprint density at radius 2 is 2.12 bits per heavy atom. The van der Waals surface area contributed by atoms with E-state index in [0.717, 1.165) is 32.0 Å². The minimum atomic E-state index is -0.510. The lowest BCUT2D eigenvalue weighted by Gasteiger charge is -2.40. The van der Waals surface area contributed by atoms with Crippen LogP contribution in [0.4, 0.5) is 14.5 Å². The van der Waals surface area contributed by atoms with E-state index in [4.69, 9.17) is 0 Å². The predicted octanol–water partition coefficient (Wildman–Crippen LogP) is 2.30. The summed E-state index contributed by atoms with van der Waals surface area (Å²) in [6.07, 6.45) is 3.43. The highest BCUT2D eigenvalue weighted by Gasteiger charge is 2.35. The van der Waals surface area contributed by atoms with Gasteiger partial charge in [0.2, 0.25) is 0 Å². The first-order valence-electron chi connectivity index (χ1n) is 6.21. The highest BCUT2D eigenvalue weighted by Crippen LogP contribution is 2.32. The van der Waals surface area contributed by atoms with E-state index < -0.39 is 11.6 Å². The minimum absolute atomic E-state index is 0.365. The summed E-state index contributed by atoms with van der Waals surface area (Å²) in [7, 11) is 0. The van der Waals surface area contributed by atoms with Crippen LogP contribution in [0.1, 0.15) is 19.3 Å². The molecule has 0 bridgehead atoms. The fourth-order valence-corrected chi connectivity index (χ4v) is 3.10. The summed E-state index contributed by atoms with van der Waals surface area (Å²) >= 11 is 0. The molecule has 1 saturated carbocycles. The zero-order valence-electron chi connectivity index (χ0n) is 9.63. The van der Waals surface area contributed by atoms with E-state index in [1.807, 2.05) is 0 Å². The van der Waals surface area contributed by atoms with E-state index in [1.165, 1.54) is 12.5 Å². The molecular formula is C13H16F2N2. The Hall–Kier alpha value is -1.16. The van der Waals surface area contributed by atoms with Gasteiger partial charge in [-0.2, -0.15) is 0 Å². The van der Waals surface area contributed by atoms with Crippen molar-refractivity contribution in [2.45, 2.75) is 31.3 Å². The lowest BCUT2D eigenvalue weighted by molar-refractivity contribution is 0.399. The maximum Gasteiger partial charge on any atom is 0.149 e. The van der Waals surface area contributed by atoms with Gasteiger partial charge in [-0.25, -0.2) is 8.78 Å². The summed E-state index contributed by atoms with van der Waals surface area (Å²) < 4.78 is 26.7. The molecule has 1 saturated heterocycles. The molecule has 1 N–H and O–H groups in total. The number of nitrogens with one attached hydrogen (secondary N) is 1. The van der Waals surface area contributed by atoms with Crippen molar-refractivity contribution in [3.05, 3.63) is 29.8 Å². The highest BCUT2D eigenvalue weighted by atomic mass is 19.1. The zero-order chi connectivity index (χ0) is 11.8. The average Bonchev–Trinajstić information content (AvgIpc) is 2.77. The Labute approximate surface area is 99.6 Å². The molecular weight excluding hydrogens is 222 g/mol. The number of fused-ring (bicyclic) bond motifs is 1. The van der Waals surface area contributed by atoms with Gasteiger partial charge in [-0.05, 0) is 31.4 Å². The normalized spacial score (nSPS) is 28.2. The van der Waals surface area contributed by atoms with Gasteiger partial charge in [-0.1, -0.05) is 0 Å². The van der Waals surface area contributed by atoms with Crippen LogP contribution in [0.5, 0.6) is 0 Å². The quantitative estimate of drug-likeness (QED) is 0.807. The van der Waals surface area contributed by atoms with E-state index >= 15 is 0 Å². The molecule has 92 valence electrons. The van der Waals surface area contributed by atoms with Crippen molar-refractivity contribution in [1.29, 1.82) is 0 Å². The van der Waals surface area contributed by atoms with E-state index in [9.17, 15) is 8.78 Å². The van der Waals surface area contributed by atoms with E-state index in [-0.39, 0.29) is 0 Å². The Morgan fingerprint density at radius 3 is 2.94 bits per heavy atom. The average molecular weight is 238 g/mol. The zero-order valence-corrected chi connectivity index (χ0v) is 9.63. The SMILES string of the molecule is Fc1ccc(N2CCN[C@H]3CCC[C@H]32)c(F)c1. The smallest absolute Gasteiger partial charge is 0.149 e. The Morgan fingerprint density at radius 1 is 1.24 bits per heavy atom. The summed E-state index contributed by atoms with van der Waals surface area (Å²) in [5, 5.41) is 3.47. The molecule has 0 unspecified atom stereocenters. The molecule has 2 aliphatic rings. The van der Waals surface area contributed by atoms with Crippen LogP contribution in [0, 0.1) is 11.6 Å². The third-order valence-electron chi connectivity index (χ3n) is 3.86. The molecule has 1 heterocycles. The van der Waals surface area contributed by atoms with Crippen molar-refractivity contribution < 1.29 is 8.78 Å². The molecule has 2 fully saturated rings. The molecule has 0 spiro atoms. The summed E-state index contributed by atoms with van der Waals surface area (Å²) in [4.78, 5) is 2.10. The van der Waals surface area contributed by atoms with E-state index in [1.54, 1.807) is 6.07 Å². The first kappa shape index (κ1) is 11.0. The van der Waals surface area contributed by atoms with Crippen LogP contribution >= 0.6 is 0 Å². The molecule has 3 rings (SSSR count). The molecule has 1 aliphatic carbocycles. The van der Waals surface area contributed by atoms with E-state index in [0.29, 0.717) is 17.8 Å². The van der Waals surface area contributed by atoms with Crippen molar-refractivity contribution in [3.8, 4) is 0 Å². The fourth-order valence-electron chi connectivity index (χ4n) is 3.10. The number of benzene rings is 1. The second-order valence-electron chi connectivity index (χ2n) is 4.85. The number of rotatable bonds is 1. The van der Waals surface area contributed by atoms with Crippen LogP contribution in [-0.2, 0) is 0 Å². The third-order valence-corrected chi connectivity index (χ3v) is 3.86. The molecule has 2 nitrogen and oxygen atoms in total. The molecule has 1 aromatic rings. The van der Waals surface area contributed by atoms with Crippen LogP contribution in [0.2, 0.25) is 0 Å². The number of anilines is 1. The molecule has 0 aromatic heterocycles. The maximum absolute atomic E-state index is 13.8. The fraction of sp³-hybridized carbons (Fsp3) is 0.538. The lowest BCUT2D eigenvalue weighted by Crippen LogP contribution is -2.55. The van der Waals surface area contributed by atoms with Gasteiger partial charge >= 0.3 is 0 Å². The Balaban J connectivity index is 1.91. The summed E-state index contributed by atoms with van der Waals surface area (Å²) in [6.45, 7) is 1.67. The molecule has 4 heteroatoms. The molecule has 1 aromatic carbocycles. The summed E-state index contributed by atoms with van der Waals surface area (Å²) in [5.41, 5.74) is 0.546. The first-order chi connectivity index (χ1) is 8.25. The second kappa shape index (κ2) is 4.26. The van der Waals surface area contributed by atoms with Crippen LogP contribution in [0.25, 0.3) is 0 Å². The van der Waals surface area contributed by atoms with Gasteiger partial charge in [0, 0.05) is 31.2 Å². The lowest BCUT2D eigenvalue weighted by atomic mass is 10.1. The van der Waals surface area contributed by atoms with Gasteiger partial charge in [0.25, 0.3) is 0 Å². The molecule has 1 aliphatic heterocycles. The monoisotopic (exact) mass is 238 g/mol. The molecule has 2 atom stereocenters. The number of nitrogens with zero attached hydrogens (tertiary/aromatic N) is 1. The van der Waals surface area contributed by atoms with E-state index in [2.05, 4.69) is 10.2 Å². The van der Waals surface area contributed by atoms with Crippen molar-refractivity contribution >= 4 is 5.69 Å². The molecule has 0 amide bonds.